The van der Waals surface area contributed by atoms with Gasteiger partial charge in [-0.25, -0.2) is 0 Å². The van der Waals surface area contributed by atoms with Gasteiger partial charge in [-0.1, -0.05) is 6.92 Å². The van der Waals surface area contributed by atoms with Crippen molar-refractivity contribution in [3.8, 4) is 0 Å². The first kappa shape index (κ1) is 14.8. The van der Waals surface area contributed by atoms with Gasteiger partial charge in [0.15, 0.2) is 0 Å². The third-order valence-electron chi connectivity index (χ3n) is 5.37. The Hall–Kier alpha value is -0.610. The average Bonchev–Trinajstić information content (AvgIpc) is 2.26. The fourth-order valence-corrected chi connectivity index (χ4v) is 3.58. The molecule has 0 aromatic heterocycles. The molecule has 0 aromatic carbocycles. The van der Waals surface area contributed by atoms with Crippen LogP contribution in [0.25, 0.3) is 0 Å². The Balaban J connectivity index is 1.84. The largest absolute Gasteiger partial charge is 0.354 e. The second-order valence-corrected chi connectivity index (χ2v) is 6.85. The van der Waals surface area contributed by atoms with Crippen LogP contribution in [0, 0.1) is 11.8 Å². The Morgan fingerprint density at radius 2 is 2.05 bits per heavy atom. The van der Waals surface area contributed by atoms with Crippen molar-refractivity contribution in [1.29, 1.82) is 0 Å². The monoisotopic (exact) mass is 267 g/mol. The molecule has 3 atom stereocenters. The van der Waals surface area contributed by atoms with E-state index >= 15 is 0 Å². The summed E-state index contributed by atoms with van der Waals surface area (Å²) < 4.78 is 0. The molecular weight excluding hydrogens is 238 g/mol. The molecule has 4 nitrogen and oxygen atoms in total. The van der Waals surface area contributed by atoms with Gasteiger partial charge in [0, 0.05) is 24.0 Å². The number of nitrogens with two attached hydrogens (primary N) is 1. The summed E-state index contributed by atoms with van der Waals surface area (Å²) in [5.74, 6) is 0.826. The summed E-state index contributed by atoms with van der Waals surface area (Å²) in [6, 6.07) is 0.291. The van der Waals surface area contributed by atoms with Gasteiger partial charge in [0.1, 0.15) is 0 Å². The van der Waals surface area contributed by atoms with Crippen LogP contribution < -0.4 is 11.1 Å². The van der Waals surface area contributed by atoms with Gasteiger partial charge in [0.2, 0.25) is 5.91 Å². The van der Waals surface area contributed by atoms with E-state index in [1.165, 1.54) is 19.3 Å². The first-order valence-corrected chi connectivity index (χ1v) is 7.65. The number of nitrogens with one attached hydrogen (secondary N) is 1. The summed E-state index contributed by atoms with van der Waals surface area (Å²) in [7, 11) is 4.24. The van der Waals surface area contributed by atoms with Crippen molar-refractivity contribution in [3.63, 3.8) is 0 Å². The summed E-state index contributed by atoms with van der Waals surface area (Å²) in [6.45, 7) is 2.96. The van der Waals surface area contributed by atoms with Crippen LogP contribution in [-0.4, -0.2) is 43.0 Å². The fraction of sp³-hybridized carbons (Fsp3) is 0.933. The van der Waals surface area contributed by atoms with Crippen molar-refractivity contribution in [2.24, 2.45) is 17.6 Å². The lowest BCUT2D eigenvalue weighted by molar-refractivity contribution is -0.128. The Morgan fingerprint density at radius 3 is 2.53 bits per heavy atom. The SMILES string of the molecule is CC1CC(N)CCC1C(=O)NCC1(N(C)C)CCC1. The molecule has 4 heteroatoms. The molecule has 0 aliphatic heterocycles. The number of carbonyl (C=O) groups is 1. The number of hydrogen-bond acceptors (Lipinski definition) is 3. The maximum Gasteiger partial charge on any atom is 0.223 e. The van der Waals surface area contributed by atoms with E-state index in [-0.39, 0.29) is 17.4 Å². The van der Waals surface area contributed by atoms with Gasteiger partial charge in [0.05, 0.1) is 0 Å². The number of hydrogen-bond donors (Lipinski definition) is 2. The van der Waals surface area contributed by atoms with Crippen LogP contribution in [0.4, 0.5) is 0 Å². The lowest BCUT2D eigenvalue weighted by Crippen LogP contribution is -2.58. The highest BCUT2D eigenvalue weighted by molar-refractivity contribution is 5.79. The molecule has 0 saturated heterocycles. The van der Waals surface area contributed by atoms with Gasteiger partial charge in [-0.3, -0.25) is 4.79 Å². The van der Waals surface area contributed by atoms with Gasteiger partial charge in [-0.15, -0.1) is 0 Å². The highest BCUT2D eigenvalue weighted by Gasteiger charge is 2.40. The summed E-state index contributed by atoms with van der Waals surface area (Å²) in [4.78, 5) is 14.6. The molecular formula is C15H29N3O. The van der Waals surface area contributed by atoms with Crippen molar-refractivity contribution in [1.82, 2.24) is 10.2 Å². The highest BCUT2D eigenvalue weighted by Crippen LogP contribution is 2.36. The molecule has 2 saturated carbocycles. The quantitative estimate of drug-likeness (QED) is 0.808. The summed E-state index contributed by atoms with van der Waals surface area (Å²) in [5, 5.41) is 3.20. The number of carbonyl (C=O) groups excluding carboxylic acids is 1. The third-order valence-corrected chi connectivity index (χ3v) is 5.37. The molecule has 19 heavy (non-hydrogen) atoms. The number of amides is 1. The van der Waals surface area contributed by atoms with Crippen molar-refractivity contribution < 1.29 is 4.79 Å². The van der Waals surface area contributed by atoms with E-state index in [9.17, 15) is 4.79 Å². The zero-order valence-electron chi connectivity index (χ0n) is 12.6. The van der Waals surface area contributed by atoms with Crippen LogP contribution >= 0.6 is 0 Å². The van der Waals surface area contributed by atoms with Crippen molar-refractivity contribution in [2.75, 3.05) is 20.6 Å². The maximum atomic E-state index is 12.4. The van der Waals surface area contributed by atoms with E-state index in [1.54, 1.807) is 0 Å². The molecule has 0 spiro atoms. The van der Waals surface area contributed by atoms with E-state index in [0.29, 0.717) is 12.0 Å². The molecule has 2 aliphatic rings. The lowest BCUT2D eigenvalue weighted by atomic mass is 9.75. The minimum atomic E-state index is 0.166. The maximum absolute atomic E-state index is 12.4. The van der Waals surface area contributed by atoms with Crippen molar-refractivity contribution in [2.45, 2.75) is 57.0 Å². The van der Waals surface area contributed by atoms with Gasteiger partial charge in [0.25, 0.3) is 0 Å². The van der Waals surface area contributed by atoms with Crippen LogP contribution in [0.2, 0.25) is 0 Å². The molecule has 3 N–H and O–H groups in total. The summed E-state index contributed by atoms with van der Waals surface area (Å²) >= 11 is 0. The molecule has 2 aliphatic carbocycles. The lowest BCUT2D eigenvalue weighted by Gasteiger charge is -2.47. The van der Waals surface area contributed by atoms with E-state index < -0.39 is 0 Å². The normalized spacial score (nSPS) is 33.8. The second kappa shape index (κ2) is 5.80. The van der Waals surface area contributed by atoms with Gasteiger partial charge < -0.3 is 16.0 Å². The number of nitrogens with zero attached hydrogens (tertiary/aromatic N) is 1. The molecule has 3 unspecified atom stereocenters. The average molecular weight is 267 g/mol. The minimum absolute atomic E-state index is 0.166. The van der Waals surface area contributed by atoms with E-state index in [0.717, 1.165) is 25.8 Å². The topological polar surface area (TPSA) is 58.4 Å². The predicted octanol–water partition coefficient (Wildman–Crippen LogP) is 1.35. The zero-order chi connectivity index (χ0) is 14.0. The fourth-order valence-electron chi connectivity index (χ4n) is 3.58. The molecule has 110 valence electrons. The third kappa shape index (κ3) is 3.11. The standard InChI is InChI=1S/C15H29N3O/c1-11-9-12(16)5-6-13(11)14(19)17-10-15(18(2)3)7-4-8-15/h11-13H,4-10,16H2,1-3H3,(H,17,19). The number of likely N-dealkylation sites (N-methyl/N-ethyl adjacent to an activating group) is 1. The highest BCUT2D eigenvalue weighted by atomic mass is 16.1. The van der Waals surface area contributed by atoms with Crippen LogP contribution in [0.3, 0.4) is 0 Å². The summed E-state index contributed by atoms with van der Waals surface area (Å²) in [6.07, 6.45) is 6.60. The van der Waals surface area contributed by atoms with Crippen LogP contribution in [0.5, 0.6) is 0 Å². The van der Waals surface area contributed by atoms with E-state index in [1.807, 2.05) is 0 Å². The Kier molecular flexibility index (Phi) is 4.51. The molecule has 0 aromatic rings. The van der Waals surface area contributed by atoms with Gasteiger partial charge >= 0.3 is 0 Å². The first-order chi connectivity index (χ1) is 8.94. The van der Waals surface area contributed by atoms with E-state index in [4.69, 9.17) is 5.73 Å². The molecule has 0 radical (unpaired) electrons. The van der Waals surface area contributed by atoms with Crippen LogP contribution in [0.15, 0.2) is 0 Å². The van der Waals surface area contributed by atoms with Crippen molar-refractivity contribution in [3.05, 3.63) is 0 Å². The van der Waals surface area contributed by atoms with Gasteiger partial charge in [-0.05, 0) is 58.5 Å². The molecule has 0 heterocycles. The smallest absolute Gasteiger partial charge is 0.223 e. The van der Waals surface area contributed by atoms with E-state index in [2.05, 4.69) is 31.2 Å². The second-order valence-electron chi connectivity index (χ2n) is 6.85. The Morgan fingerprint density at radius 1 is 1.37 bits per heavy atom. The van der Waals surface area contributed by atoms with Gasteiger partial charge in [-0.2, -0.15) is 0 Å². The molecule has 0 bridgehead atoms. The van der Waals surface area contributed by atoms with Crippen molar-refractivity contribution >= 4 is 5.91 Å². The Labute approximate surface area is 117 Å². The predicted molar refractivity (Wildman–Crippen MR) is 77.8 cm³/mol. The minimum Gasteiger partial charge on any atom is -0.354 e. The zero-order valence-corrected chi connectivity index (χ0v) is 12.6. The molecule has 1 amide bonds. The first-order valence-electron chi connectivity index (χ1n) is 7.65. The van der Waals surface area contributed by atoms with Crippen LogP contribution in [0.1, 0.15) is 45.4 Å². The molecule has 2 fully saturated rings. The number of rotatable bonds is 4. The Bertz CT molecular complexity index is 325. The summed E-state index contributed by atoms with van der Waals surface area (Å²) in [5.41, 5.74) is 6.18. The molecule has 2 rings (SSSR count). The van der Waals surface area contributed by atoms with Crippen LogP contribution in [-0.2, 0) is 4.79 Å².